The van der Waals surface area contributed by atoms with E-state index >= 15 is 0 Å². The lowest BCUT2D eigenvalue weighted by molar-refractivity contribution is -0.122. The van der Waals surface area contributed by atoms with Gasteiger partial charge in [-0.15, -0.1) is 0 Å². The second kappa shape index (κ2) is 7.00. The van der Waals surface area contributed by atoms with Gasteiger partial charge in [0.2, 0.25) is 11.8 Å². The predicted molar refractivity (Wildman–Crippen MR) is 104 cm³/mol. The van der Waals surface area contributed by atoms with Gasteiger partial charge in [-0.25, -0.2) is 4.90 Å². The van der Waals surface area contributed by atoms with Gasteiger partial charge in [-0.05, 0) is 43.2 Å². The fraction of sp³-hybridized carbons (Fsp3) is 0.190. The molecular formula is C21H17ClN2O3. The smallest absolute Gasteiger partial charge is 0.255 e. The molecule has 1 aliphatic heterocycles. The van der Waals surface area contributed by atoms with Crippen molar-refractivity contribution in [3.8, 4) is 0 Å². The summed E-state index contributed by atoms with van der Waals surface area (Å²) in [7, 11) is 0. The molecule has 1 N–H and O–H groups in total. The Morgan fingerprint density at radius 1 is 0.963 bits per heavy atom. The van der Waals surface area contributed by atoms with Crippen molar-refractivity contribution in [2.45, 2.75) is 12.8 Å². The monoisotopic (exact) mass is 380 g/mol. The highest BCUT2D eigenvalue weighted by Gasteiger charge is 2.47. The molecule has 0 saturated carbocycles. The molecule has 0 spiro atoms. The molecule has 0 bridgehead atoms. The normalized spacial score (nSPS) is 21.3. The Morgan fingerprint density at radius 3 is 2.19 bits per heavy atom. The van der Waals surface area contributed by atoms with Crippen LogP contribution in [0.15, 0.2) is 60.7 Å². The van der Waals surface area contributed by atoms with Crippen molar-refractivity contribution in [1.82, 2.24) is 0 Å². The van der Waals surface area contributed by atoms with E-state index < -0.39 is 0 Å². The maximum atomic E-state index is 12.7. The zero-order chi connectivity index (χ0) is 19.0. The van der Waals surface area contributed by atoms with E-state index in [0.717, 1.165) is 0 Å². The first-order valence-electron chi connectivity index (χ1n) is 8.75. The second-order valence-electron chi connectivity index (χ2n) is 6.65. The molecule has 27 heavy (non-hydrogen) atoms. The molecule has 5 nitrogen and oxygen atoms in total. The van der Waals surface area contributed by atoms with Crippen LogP contribution in [0.2, 0.25) is 5.02 Å². The quantitative estimate of drug-likeness (QED) is 0.645. The lowest BCUT2D eigenvalue weighted by atomic mass is 9.85. The maximum absolute atomic E-state index is 12.7. The molecule has 1 fully saturated rings. The van der Waals surface area contributed by atoms with Crippen LogP contribution in [0, 0.1) is 11.8 Å². The maximum Gasteiger partial charge on any atom is 0.255 e. The van der Waals surface area contributed by atoms with Crippen LogP contribution in [-0.2, 0) is 9.59 Å². The first kappa shape index (κ1) is 17.5. The summed E-state index contributed by atoms with van der Waals surface area (Å²) in [5.41, 5.74) is 1.37. The molecule has 3 amide bonds. The van der Waals surface area contributed by atoms with E-state index in [2.05, 4.69) is 5.32 Å². The molecule has 2 aliphatic rings. The van der Waals surface area contributed by atoms with Gasteiger partial charge in [0.25, 0.3) is 5.91 Å². The lowest BCUT2D eigenvalue weighted by Crippen LogP contribution is -2.30. The third-order valence-electron chi connectivity index (χ3n) is 5.00. The van der Waals surface area contributed by atoms with Gasteiger partial charge < -0.3 is 5.32 Å². The molecule has 0 aromatic heterocycles. The summed E-state index contributed by atoms with van der Waals surface area (Å²) < 4.78 is 0. The minimum absolute atomic E-state index is 0.188. The van der Waals surface area contributed by atoms with E-state index in [0.29, 0.717) is 29.8 Å². The van der Waals surface area contributed by atoms with E-state index in [1.54, 1.807) is 42.5 Å². The minimum Gasteiger partial charge on any atom is -0.321 e. The molecule has 1 heterocycles. The first-order valence-corrected chi connectivity index (χ1v) is 9.13. The average Bonchev–Trinajstić information content (AvgIpc) is 2.95. The number of amides is 3. The fourth-order valence-electron chi connectivity index (χ4n) is 3.58. The van der Waals surface area contributed by atoms with Gasteiger partial charge in [0.05, 0.1) is 28.2 Å². The SMILES string of the molecule is O=C(Nc1ccc(N2C(=O)[C@@H]3CC=CC[C@H]3C2=O)cc1Cl)c1ccccc1. The Bertz CT molecular complexity index is 929. The summed E-state index contributed by atoms with van der Waals surface area (Å²) in [6, 6.07) is 13.6. The fourth-order valence-corrected chi connectivity index (χ4v) is 3.81. The van der Waals surface area contributed by atoms with Crippen LogP contribution >= 0.6 is 11.6 Å². The number of nitrogens with zero attached hydrogens (tertiary/aromatic N) is 1. The van der Waals surface area contributed by atoms with E-state index in [9.17, 15) is 14.4 Å². The van der Waals surface area contributed by atoms with Crippen LogP contribution < -0.4 is 10.2 Å². The van der Waals surface area contributed by atoms with Crippen LogP contribution in [0.5, 0.6) is 0 Å². The number of nitrogens with one attached hydrogen (secondary N) is 1. The minimum atomic E-state index is -0.293. The summed E-state index contributed by atoms with van der Waals surface area (Å²) in [6.45, 7) is 0. The van der Waals surface area contributed by atoms with Crippen molar-refractivity contribution in [1.29, 1.82) is 0 Å². The van der Waals surface area contributed by atoms with Crippen molar-refractivity contribution in [3.63, 3.8) is 0 Å². The van der Waals surface area contributed by atoms with E-state index in [1.807, 2.05) is 18.2 Å². The van der Waals surface area contributed by atoms with Crippen molar-refractivity contribution in [2.75, 3.05) is 10.2 Å². The van der Waals surface area contributed by atoms with E-state index in [4.69, 9.17) is 11.6 Å². The van der Waals surface area contributed by atoms with Crippen LogP contribution in [0.4, 0.5) is 11.4 Å². The summed E-state index contributed by atoms with van der Waals surface area (Å²) in [5, 5.41) is 3.02. The molecule has 136 valence electrons. The van der Waals surface area contributed by atoms with E-state index in [-0.39, 0.29) is 34.6 Å². The number of benzene rings is 2. The summed E-state index contributed by atoms with van der Waals surface area (Å²) in [4.78, 5) is 38.8. The predicted octanol–water partition coefficient (Wildman–Crippen LogP) is 4.05. The van der Waals surface area contributed by atoms with Gasteiger partial charge in [-0.2, -0.15) is 0 Å². The van der Waals surface area contributed by atoms with Gasteiger partial charge in [0.1, 0.15) is 0 Å². The largest absolute Gasteiger partial charge is 0.321 e. The number of hydrogen-bond acceptors (Lipinski definition) is 3. The Hall–Kier alpha value is -2.92. The van der Waals surface area contributed by atoms with Crippen molar-refractivity contribution in [2.24, 2.45) is 11.8 Å². The number of allylic oxidation sites excluding steroid dienone is 2. The molecule has 1 saturated heterocycles. The molecule has 4 rings (SSSR count). The Balaban J connectivity index is 1.56. The lowest BCUT2D eigenvalue weighted by Gasteiger charge is -2.16. The number of imide groups is 1. The topological polar surface area (TPSA) is 66.5 Å². The summed E-state index contributed by atoms with van der Waals surface area (Å²) in [5.74, 6) is -1.24. The van der Waals surface area contributed by atoms with Crippen molar-refractivity contribution in [3.05, 3.63) is 71.3 Å². The number of anilines is 2. The van der Waals surface area contributed by atoms with E-state index in [1.165, 1.54) is 4.90 Å². The Labute approximate surface area is 161 Å². The van der Waals surface area contributed by atoms with Crippen LogP contribution in [0.1, 0.15) is 23.2 Å². The highest BCUT2D eigenvalue weighted by Crippen LogP contribution is 2.39. The zero-order valence-electron chi connectivity index (χ0n) is 14.4. The van der Waals surface area contributed by atoms with Gasteiger partial charge in [-0.1, -0.05) is 42.0 Å². The third-order valence-corrected chi connectivity index (χ3v) is 5.32. The first-order chi connectivity index (χ1) is 13.1. The summed E-state index contributed by atoms with van der Waals surface area (Å²) in [6.07, 6.45) is 5.07. The number of carbonyl (C=O) groups excluding carboxylic acids is 3. The molecule has 0 unspecified atom stereocenters. The van der Waals surface area contributed by atoms with Gasteiger partial charge in [0.15, 0.2) is 0 Å². The second-order valence-corrected chi connectivity index (χ2v) is 7.06. The highest BCUT2D eigenvalue weighted by atomic mass is 35.5. The molecular weight excluding hydrogens is 364 g/mol. The number of halogens is 1. The molecule has 1 aliphatic carbocycles. The van der Waals surface area contributed by atoms with Gasteiger partial charge in [-0.3, -0.25) is 14.4 Å². The van der Waals surface area contributed by atoms with Crippen LogP contribution in [-0.4, -0.2) is 17.7 Å². The van der Waals surface area contributed by atoms with Gasteiger partial charge in [0, 0.05) is 5.56 Å². The number of hydrogen-bond donors (Lipinski definition) is 1. The van der Waals surface area contributed by atoms with Crippen molar-refractivity contribution >= 4 is 40.7 Å². The third kappa shape index (κ3) is 3.15. The average molecular weight is 381 g/mol. The number of carbonyl (C=O) groups is 3. The zero-order valence-corrected chi connectivity index (χ0v) is 15.1. The molecule has 2 aromatic rings. The molecule has 2 aromatic carbocycles. The Kier molecular flexibility index (Phi) is 4.54. The van der Waals surface area contributed by atoms with Crippen LogP contribution in [0.25, 0.3) is 0 Å². The standard InChI is InChI=1S/C21H17ClN2O3/c22-17-12-14(24-20(26)15-8-4-5-9-16(15)21(24)27)10-11-18(17)23-19(25)13-6-2-1-3-7-13/h1-7,10-12,15-16H,8-9H2,(H,23,25)/t15-,16-/m1/s1. The van der Waals surface area contributed by atoms with Crippen molar-refractivity contribution < 1.29 is 14.4 Å². The molecule has 2 atom stereocenters. The number of rotatable bonds is 3. The summed E-state index contributed by atoms with van der Waals surface area (Å²) >= 11 is 6.31. The highest BCUT2D eigenvalue weighted by molar-refractivity contribution is 6.34. The molecule has 6 heteroatoms. The van der Waals surface area contributed by atoms with Crippen LogP contribution in [0.3, 0.4) is 0 Å². The Morgan fingerprint density at radius 2 is 1.59 bits per heavy atom. The van der Waals surface area contributed by atoms with Gasteiger partial charge >= 0.3 is 0 Å². The molecule has 0 radical (unpaired) electrons. The number of fused-ring (bicyclic) bond motifs is 1.